The quantitative estimate of drug-likeness (QED) is 0.132. The number of carboxylic acid groups (broad SMARTS) is 2. The number of rotatable bonds is 14. The number of benzene rings is 2. The van der Waals surface area contributed by atoms with E-state index in [2.05, 4.69) is 5.32 Å². The van der Waals surface area contributed by atoms with Crippen LogP contribution in [0, 0.1) is 0 Å². The van der Waals surface area contributed by atoms with Gasteiger partial charge in [0, 0.05) is 31.2 Å². The molecule has 4 atom stereocenters. The van der Waals surface area contributed by atoms with Gasteiger partial charge in [-0.15, -0.1) is 0 Å². The average Bonchev–Trinajstić information content (AvgIpc) is 3.56. The number of hydrogen-bond acceptors (Lipinski definition) is 10. The van der Waals surface area contributed by atoms with Crippen LogP contribution in [0.5, 0.6) is 17.2 Å². The van der Waals surface area contributed by atoms with E-state index in [1.165, 1.54) is 4.90 Å². The number of nitrogens with one attached hydrogen (secondary N) is 2. The minimum absolute atomic E-state index is 0.00479. The summed E-state index contributed by atoms with van der Waals surface area (Å²) in [6.45, 7) is 3.70. The number of hydrogen-bond donors (Lipinski definition) is 7. The van der Waals surface area contributed by atoms with Gasteiger partial charge in [-0.1, -0.05) is 6.07 Å². The molecular formula is C31H41N2O12+. The summed E-state index contributed by atoms with van der Waals surface area (Å²) in [5, 5.41) is 46.8. The number of ketones is 1. The second-order valence-corrected chi connectivity index (χ2v) is 10.8. The largest absolute Gasteiger partial charge is 0.497 e. The Morgan fingerprint density at radius 3 is 2.04 bits per heavy atom. The number of aliphatic hydroxyl groups excluding tert-OH is 3. The Morgan fingerprint density at radius 2 is 1.47 bits per heavy atom. The van der Waals surface area contributed by atoms with Crippen molar-refractivity contribution in [1.82, 2.24) is 5.32 Å². The molecule has 0 spiro atoms. The van der Waals surface area contributed by atoms with E-state index in [9.17, 15) is 24.3 Å². The predicted molar refractivity (Wildman–Crippen MR) is 158 cm³/mol. The van der Waals surface area contributed by atoms with E-state index >= 15 is 0 Å². The van der Waals surface area contributed by atoms with E-state index in [-0.39, 0.29) is 24.5 Å². The van der Waals surface area contributed by atoms with E-state index in [1.807, 2.05) is 6.07 Å². The Kier molecular flexibility index (Phi) is 13.5. The molecule has 1 fully saturated rings. The lowest BCUT2D eigenvalue weighted by Crippen LogP contribution is -3.11. The smallest absolute Gasteiger partial charge is 0.335 e. The molecule has 2 aromatic carbocycles. The molecule has 1 saturated heterocycles. The predicted octanol–water partition coefficient (Wildman–Crippen LogP) is -0.406. The molecule has 0 aromatic heterocycles. The molecule has 0 unspecified atom stereocenters. The number of aliphatic carboxylic acids is 2. The minimum Gasteiger partial charge on any atom is -0.497 e. The molecule has 2 aliphatic rings. The molecule has 45 heavy (non-hydrogen) atoms. The number of carbonyl (C=O) groups excluding carboxylic acids is 2. The van der Waals surface area contributed by atoms with Gasteiger partial charge in [-0.3, -0.25) is 9.59 Å². The summed E-state index contributed by atoms with van der Waals surface area (Å²) < 4.78 is 16.4. The van der Waals surface area contributed by atoms with Crippen molar-refractivity contribution in [3.8, 4) is 17.2 Å². The summed E-state index contributed by atoms with van der Waals surface area (Å²) in [5.41, 5.74) is 1.29. The molecular weight excluding hydrogens is 592 g/mol. The van der Waals surface area contributed by atoms with Crippen LogP contribution in [0.15, 0.2) is 42.5 Å². The zero-order valence-corrected chi connectivity index (χ0v) is 25.0. The molecule has 246 valence electrons. The third-order valence-corrected chi connectivity index (χ3v) is 7.48. The Bertz CT molecular complexity index is 1280. The van der Waals surface area contributed by atoms with Crippen LogP contribution in [-0.2, 0) is 14.4 Å². The topological polar surface area (TPSA) is 214 Å². The van der Waals surface area contributed by atoms with E-state index in [1.54, 1.807) is 43.5 Å². The highest BCUT2D eigenvalue weighted by Gasteiger charge is 2.30. The first-order valence-electron chi connectivity index (χ1n) is 14.7. The highest BCUT2D eigenvalue weighted by molar-refractivity contribution is 5.96. The molecule has 0 radical (unpaired) electrons. The van der Waals surface area contributed by atoms with Gasteiger partial charge in [0.1, 0.15) is 37.7 Å². The molecule has 7 N–H and O–H groups in total. The van der Waals surface area contributed by atoms with Crippen molar-refractivity contribution in [1.29, 1.82) is 0 Å². The van der Waals surface area contributed by atoms with Crippen molar-refractivity contribution in [2.75, 3.05) is 40.0 Å². The highest BCUT2D eigenvalue weighted by Crippen LogP contribution is 2.33. The first kappa shape index (κ1) is 35.2. The number of carboxylic acids is 2. The molecule has 0 bridgehead atoms. The van der Waals surface area contributed by atoms with Crippen LogP contribution < -0.4 is 24.4 Å². The lowest BCUT2D eigenvalue weighted by atomic mass is 10.00. The van der Waals surface area contributed by atoms with E-state index in [4.69, 9.17) is 34.6 Å². The van der Waals surface area contributed by atoms with Gasteiger partial charge in [-0.2, -0.15) is 0 Å². The molecule has 14 nitrogen and oxygen atoms in total. The summed E-state index contributed by atoms with van der Waals surface area (Å²) in [4.78, 5) is 46.2. The molecule has 4 rings (SSSR count). The van der Waals surface area contributed by atoms with Crippen molar-refractivity contribution in [2.24, 2.45) is 0 Å². The maximum Gasteiger partial charge on any atom is 0.335 e. The normalized spacial score (nSPS) is 16.7. The monoisotopic (exact) mass is 633 g/mol. The van der Waals surface area contributed by atoms with Gasteiger partial charge in [0.05, 0.1) is 20.2 Å². The standard InChI is InChI=1S/C27H34N2O6.C4H6O6/c1-33-21-10-7-19(8-11-21)23(30)5-4-6-26(31)28-22(18-29-13-2-3-14-29)27(32)20-9-12-24-25(17-20)35-16-15-34-24;5-1(3(7)8)2(6)4(9)10/h7-12,17,22,27,32H,2-6,13-16,18H2,1H3,(H,28,31);1-2,5-6H,(H,7,8)(H,9,10)/p+1/t22-,27-;1-,2-/m11/s1. The van der Waals surface area contributed by atoms with E-state index < -0.39 is 36.3 Å². The molecule has 14 heteroatoms. The second-order valence-electron chi connectivity index (χ2n) is 10.8. The zero-order chi connectivity index (χ0) is 32.9. The number of amides is 1. The van der Waals surface area contributed by atoms with E-state index in [0.29, 0.717) is 54.6 Å². The van der Waals surface area contributed by atoms with Gasteiger partial charge >= 0.3 is 11.9 Å². The fraction of sp³-hybridized carbons (Fsp3) is 0.484. The van der Waals surface area contributed by atoms with Crippen molar-refractivity contribution in [2.45, 2.75) is 56.5 Å². The van der Waals surface area contributed by atoms with Gasteiger partial charge < -0.3 is 50.0 Å². The molecule has 2 aromatic rings. The summed E-state index contributed by atoms with van der Waals surface area (Å²) in [6.07, 6.45) is -2.14. The Labute approximate surface area is 260 Å². The number of aliphatic hydroxyl groups is 3. The number of ether oxygens (including phenoxy) is 3. The number of likely N-dealkylation sites (tertiary alicyclic amines) is 1. The van der Waals surface area contributed by atoms with Crippen LogP contribution in [-0.4, -0.2) is 107 Å². The van der Waals surface area contributed by atoms with Crippen molar-refractivity contribution < 1.29 is 63.8 Å². The van der Waals surface area contributed by atoms with Crippen molar-refractivity contribution in [3.05, 3.63) is 53.6 Å². The highest BCUT2D eigenvalue weighted by atomic mass is 16.6. The number of Topliss-reactive ketones (excluding diaryl/α,β-unsaturated/α-hetero) is 1. The fourth-order valence-electron chi connectivity index (χ4n) is 4.99. The summed E-state index contributed by atoms with van der Waals surface area (Å²) in [7, 11) is 1.58. The third-order valence-electron chi connectivity index (χ3n) is 7.48. The lowest BCUT2D eigenvalue weighted by molar-refractivity contribution is -0.889. The number of methoxy groups -OCH3 is 1. The van der Waals surface area contributed by atoms with Gasteiger partial charge in [-0.25, -0.2) is 9.59 Å². The Morgan fingerprint density at radius 1 is 0.867 bits per heavy atom. The maximum absolute atomic E-state index is 12.8. The number of quaternary nitrogens is 1. The van der Waals surface area contributed by atoms with Gasteiger partial charge in [0.15, 0.2) is 29.5 Å². The van der Waals surface area contributed by atoms with Crippen LogP contribution in [0.3, 0.4) is 0 Å². The van der Waals surface area contributed by atoms with Gasteiger partial charge in [0.2, 0.25) is 5.91 Å². The minimum atomic E-state index is -2.27. The Hall–Kier alpha value is -4.24. The van der Waals surface area contributed by atoms with Crippen LogP contribution >= 0.6 is 0 Å². The molecule has 2 heterocycles. The molecule has 2 aliphatic heterocycles. The SMILES string of the molecule is COc1ccc(C(=O)CCCC(=O)N[C@H](C[NH+]2CCCC2)[C@H](O)c2ccc3c(c2)OCCO3)cc1.O=C(O)[C@H](O)[C@@H](O)C(=O)O. The molecule has 1 amide bonds. The first-order valence-corrected chi connectivity index (χ1v) is 14.7. The average molecular weight is 634 g/mol. The second kappa shape index (κ2) is 17.3. The van der Waals surface area contributed by atoms with Crippen molar-refractivity contribution in [3.63, 3.8) is 0 Å². The van der Waals surface area contributed by atoms with Crippen LogP contribution in [0.4, 0.5) is 0 Å². The number of carbonyl (C=O) groups is 4. The summed E-state index contributed by atoms with van der Waals surface area (Å²) >= 11 is 0. The lowest BCUT2D eigenvalue weighted by Gasteiger charge is -2.27. The van der Waals surface area contributed by atoms with Crippen molar-refractivity contribution >= 4 is 23.6 Å². The van der Waals surface area contributed by atoms with Gasteiger partial charge in [0.25, 0.3) is 0 Å². The first-order chi connectivity index (χ1) is 21.5. The van der Waals surface area contributed by atoms with Crippen LogP contribution in [0.2, 0.25) is 0 Å². The van der Waals surface area contributed by atoms with E-state index in [0.717, 1.165) is 25.9 Å². The van der Waals surface area contributed by atoms with Gasteiger partial charge in [-0.05, 0) is 48.4 Å². The van der Waals surface area contributed by atoms with Crippen LogP contribution in [0.1, 0.15) is 54.1 Å². The molecule has 0 aliphatic carbocycles. The third kappa shape index (κ3) is 10.7. The number of fused-ring (bicyclic) bond motifs is 1. The molecule has 0 saturated carbocycles. The summed E-state index contributed by atoms with van der Waals surface area (Å²) in [6, 6.07) is 12.0. The fourth-order valence-corrected chi connectivity index (χ4v) is 4.99. The summed E-state index contributed by atoms with van der Waals surface area (Å²) in [5.74, 6) is -1.72. The maximum atomic E-state index is 12.8. The zero-order valence-electron chi connectivity index (χ0n) is 25.0. The van der Waals surface area contributed by atoms with Crippen LogP contribution in [0.25, 0.3) is 0 Å². The Balaban J connectivity index is 0.000000477.